The van der Waals surface area contributed by atoms with Gasteiger partial charge in [0.05, 0.1) is 12.1 Å². The van der Waals surface area contributed by atoms with Gasteiger partial charge in [0, 0.05) is 17.1 Å². The standard InChI is InChI=1S/C11H17N3O3S/c1-3-8(2)14(6-10(15)16)11(17)13-5-9-4-12-7-18-9/h4,7-8H,3,5-6H2,1-2H3,(H,13,17)(H,15,16). The van der Waals surface area contributed by atoms with Gasteiger partial charge in [-0.05, 0) is 13.3 Å². The Hall–Kier alpha value is -1.63. The Morgan fingerprint density at radius 2 is 2.33 bits per heavy atom. The maximum atomic E-state index is 11.9. The monoisotopic (exact) mass is 271 g/mol. The van der Waals surface area contributed by atoms with E-state index in [2.05, 4.69) is 10.3 Å². The summed E-state index contributed by atoms with van der Waals surface area (Å²) < 4.78 is 0. The number of amides is 2. The molecule has 6 nitrogen and oxygen atoms in total. The lowest BCUT2D eigenvalue weighted by molar-refractivity contribution is -0.138. The molecular formula is C11H17N3O3S. The molecule has 100 valence electrons. The van der Waals surface area contributed by atoms with E-state index < -0.39 is 5.97 Å². The van der Waals surface area contributed by atoms with Gasteiger partial charge in [0.2, 0.25) is 0 Å². The van der Waals surface area contributed by atoms with Crippen LogP contribution in [0.15, 0.2) is 11.7 Å². The molecule has 0 spiro atoms. The number of hydrogen-bond donors (Lipinski definition) is 2. The van der Waals surface area contributed by atoms with Crippen molar-refractivity contribution in [2.24, 2.45) is 0 Å². The third kappa shape index (κ3) is 4.33. The fraction of sp³-hybridized carbons (Fsp3) is 0.545. The van der Waals surface area contributed by atoms with Crippen LogP contribution in [0.5, 0.6) is 0 Å². The number of carboxylic acid groups (broad SMARTS) is 1. The van der Waals surface area contributed by atoms with E-state index >= 15 is 0 Å². The lowest BCUT2D eigenvalue weighted by atomic mass is 10.2. The Morgan fingerprint density at radius 3 is 2.83 bits per heavy atom. The highest BCUT2D eigenvalue weighted by atomic mass is 32.1. The molecule has 0 aliphatic carbocycles. The number of carbonyl (C=O) groups is 2. The number of thiazole rings is 1. The van der Waals surface area contributed by atoms with Crippen LogP contribution in [-0.2, 0) is 11.3 Å². The van der Waals surface area contributed by atoms with Crippen molar-refractivity contribution in [2.75, 3.05) is 6.54 Å². The second kappa shape index (κ2) is 6.95. The molecule has 18 heavy (non-hydrogen) atoms. The first-order valence-electron chi connectivity index (χ1n) is 5.68. The summed E-state index contributed by atoms with van der Waals surface area (Å²) in [5.74, 6) is -1.01. The zero-order chi connectivity index (χ0) is 13.5. The number of carboxylic acids is 1. The highest BCUT2D eigenvalue weighted by Gasteiger charge is 2.21. The molecule has 1 aromatic rings. The normalized spacial score (nSPS) is 11.9. The summed E-state index contributed by atoms with van der Waals surface area (Å²) in [4.78, 5) is 28.8. The van der Waals surface area contributed by atoms with E-state index in [0.717, 1.165) is 4.88 Å². The predicted molar refractivity (Wildman–Crippen MR) is 68.4 cm³/mol. The fourth-order valence-electron chi connectivity index (χ4n) is 1.39. The first-order chi connectivity index (χ1) is 8.54. The van der Waals surface area contributed by atoms with Gasteiger partial charge in [-0.15, -0.1) is 11.3 Å². The highest BCUT2D eigenvalue weighted by Crippen LogP contribution is 2.07. The van der Waals surface area contributed by atoms with Gasteiger partial charge in [-0.1, -0.05) is 6.92 Å². The minimum absolute atomic E-state index is 0.109. The summed E-state index contributed by atoms with van der Waals surface area (Å²) in [7, 11) is 0. The molecule has 1 unspecified atom stereocenters. The van der Waals surface area contributed by atoms with Crippen LogP contribution in [0, 0.1) is 0 Å². The maximum absolute atomic E-state index is 11.9. The number of aromatic nitrogens is 1. The molecule has 2 amide bonds. The minimum atomic E-state index is -1.01. The average molecular weight is 271 g/mol. The van der Waals surface area contributed by atoms with Gasteiger partial charge >= 0.3 is 12.0 Å². The van der Waals surface area contributed by atoms with Gasteiger partial charge in [0.1, 0.15) is 6.54 Å². The molecule has 1 heterocycles. The van der Waals surface area contributed by atoms with E-state index in [4.69, 9.17) is 5.11 Å². The third-order valence-corrected chi connectivity index (χ3v) is 3.37. The summed E-state index contributed by atoms with van der Waals surface area (Å²) in [6, 6.07) is -0.470. The highest BCUT2D eigenvalue weighted by molar-refractivity contribution is 7.09. The van der Waals surface area contributed by atoms with Crippen LogP contribution in [0.25, 0.3) is 0 Å². The summed E-state index contributed by atoms with van der Waals surface area (Å²) in [5.41, 5.74) is 1.69. The van der Waals surface area contributed by atoms with Gasteiger partial charge in [0.15, 0.2) is 0 Å². The molecule has 0 aliphatic rings. The Labute approximate surface area is 110 Å². The first-order valence-corrected chi connectivity index (χ1v) is 6.56. The Bertz CT molecular complexity index is 394. The molecule has 1 atom stereocenters. The van der Waals surface area contributed by atoms with Crippen molar-refractivity contribution >= 4 is 23.3 Å². The number of aliphatic carboxylic acids is 1. The van der Waals surface area contributed by atoms with Crippen LogP contribution in [0.4, 0.5) is 4.79 Å². The summed E-state index contributed by atoms with van der Waals surface area (Å²) in [6.45, 7) is 3.82. The van der Waals surface area contributed by atoms with Crippen LogP contribution in [-0.4, -0.2) is 39.6 Å². The van der Waals surface area contributed by atoms with Gasteiger partial charge in [-0.25, -0.2) is 4.79 Å². The Balaban J connectivity index is 2.55. The van der Waals surface area contributed by atoms with Crippen molar-refractivity contribution in [3.05, 3.63) is 16.6 Å². The van der Waals surface area contributed by atoms with E-state index in [-0.39, 0.29) is 18.6 Å². The number of urea groups is 1. The molecule has 1 aromatic heterocycles. The third-order valence-electron chi connectivity index (χ3n) is 2.59. The summed E-state index contributed by atoms with van der Waals surface area (Å²) in [6.07, 6.45) is 2.39. The number of carbonyl (C=O) groups excluding carboxylic acids is 1. The van der Waals surface area contributed by atoms with E-state index in [0.29, 0.717) is 13.0 Å². The van der Waals surface area contributed by atoms with E-state index in [1.165, 1.54) is 16.2 Å². The van der Waals surface area contributed by atoms with E-state index in [1.807, 2.05) is 13.8 Å². The minimum Gasteiger partial charge on any atom is -0.480 e. The van der Waals surface area contributed by atoms with Gasteiger partial charge in [-0.2, -0.15) is 0 Å². The smallest absolute Gasteiger partial charge is 0.323 e. The van der Waals surface area contributed by atoms with Crippen molar-refractivity contribution in [1.82, 2.24) is 15.2 Å². The van der Waals surface area contributed by atoms with Crippen LogP contribution in [0.2, 0.25) is 0 Å². The molecular weight excluding hydrogens is 254 g/mol. The first kappa shape index (κ1) is 14.4. The van der Waals surface area contributed by atoms with Crippen LogP contribution in [0.1, 0.15) is 25.1 Å². The lowest BCUT2D eigenvalue weighted by Crippen LogP contribution is -2.47. The fourth-order valence-corrected chi connectivity index (χ4v) is 1.92. The SMILES string of the molecule is CCC(C)N(CC(=O)O)C(=O)NCc1cncs1. The van der Waals surface area contributed by atoms with Crippen molar-refractivity contribution in [2.45, 2.75) is 32.9 Å². The van der Waals surface area contributed by atoms with Gasteiger partial charge in [0.25, 0.3) is 0 Å². The maximum Gasteiger partial charge on any atom is 0.323 e. The molecule has 1 rings (SSSR count). The molecule has 0 fully saturated rings. The zero-order valence-electron chi connectivity index (χ0n) is 10.4. The molecule has 2 N–H and O–H groups in total. The zero-order valence-corrected chi connectivity index (χ0v) is 11.2. The van der Waals surface area contributed by atoms with Crippen molar-refractivity contribution < 1.29 is 14.7 Å². The second-order valence-corrected chi connectivity index (χ2v) is 4.88. The molecule has 0 bridgehead atoms. The predicted octanol–water partition coefficient (Wildman–Crippen LogP) is 1.54. The molecule has 0 radical (unpaired) electrons. The Morgan fingerprint density at radius 1 is 1.61 bits per heavy atom. The summed E-state index contributed by atoms with van der Waals surface area (Å²) >= 11 is 1.44. The molecule has 0 saturated heterocycles. The number of nitrogens with one attached hydrogen (secondary N) is 1. The summed E-state index contributed by atoms with van der Waals surface area (Å²) in [5, 5.41) is 11.5. The number of nitrogens with zero attached hydrogens (tertiary/aromatic N) is 2. The lowest BCUT2D eigenvalue weighted by Gasteiger charge is -2.26. The van der Waals surface area contributed by atoms with Crippen LogP contribution >= 0.6 is 11.3 Å². The topological polar surface area (TPSA) is 82.5 Å². The molecule has 0 aromatic carbocycles. The van der Waals surface area contributed by atoms with E-state index in [9.17, 15) is 9.59 Å². The van der Waals surface area contributed by atoms with Crippen molar-refractivity contribution in [3.63, 3.8) is 0 Å². The van der Waals surface area contributed by atoms with Crippen LogP contribution in [0.3, 0.4) is 0 Å². The van der Waals surface area contributed by atoms with E-state index in [1.54, 1.807) is 11.7 Å². The average Bonchev–Trinajstić information content (AvgIpc) is 2.85. The van der Waals surface area contributed by atoms with Gasteiger partial charge < -0.3 is 15.3 Å². The molecule has 7 heteroatoms. The molecule has 0 aliphatic heterocycles. The molecule has 0 saturated carbocycles. The second-order valence-electron chi connectivity index (χ2n) is 3.91. The van der Waals surface area contributed by atoms with Crippen molar-refractivity contribution in [1.29, 1.82) is 0 Å². The van der Waals surface area contributed by atoms with Crippen LogP contribution < -0.4 is 5.32 Å². The number of hydrogen-bond acceptors (Lipinski definition) is 4. The Kier molecular flexibility index (Phi) is 5.57. The quantitative estimate of drug-likeness (QED) is 0.822. The van der Waals surface area contributed by atoms with Gasteiger partial charge in [-0.3, -0.25) is 9.78 Å². The van der Waals surface area contributed by atoms with Crippen molar-refractivity contribution in [3.8, 4) is 0 Å². The largest absolute Gasteiger partial charge is 0.480 e. The number of rotatable bonds is 6.